The molecule has 0 aliphatic heterocycles. The summed E-state index contributed by atoms with van der Waals surface area (Å²) in [4.78, 5) is 2.55. The summed E-state index contributed by atoms with van der Waals surface area (Å²) in [7, 11) is 2.30. The maximum absolute atomic E-state index is 3.64. The van der Waals surface area contributed by atoms with Gasteiger partial charge in [-0.1, -0.05) is 40.5 Å². The smallest absolute Gasteiger partial charge is 0.0128 e. The van der Waals surface area contributed by atoms with E-state index in [2.05, 4.69) is 45.0 Å². The third-order valence-corrected chi connectivity index (χ3v) is 4.34. The molecule has 1 atom stereocenters. The van der Waals surface area contributed by atoms with Gasteiger partial charge in [0, 0.05) is 12.6 Å². The molecule has 1 fully saturated rings. The first kappa shape index (κ1) is 16.0. The second-order valence-electron chi connectivity index (χ2n) is 7.18. The van der Waals surface area contributed by atoms with Crippen molar-refractivity contribution in [2.75, 3.05) is 26.7 Å². The van der Waals surface area contributed by atoms with Crippen LogP contribution in [0.4, 0.5) is 0 Å². The van der Waals surface area contributed by atoms with Crippen molar-refractivity contribution in [2.24, 2.45) is 11.3 Å². The van der Waals surface area contributed by atoms with Gasteiger partial charge in [0.2, 0.25) is 0 Å². The van der Waals surface area contributed by atoms with E-state index in [9.17, 15) is 0 Å². The maximum atomic E-state index is 3.64. The number of rotatable bonds is 7. The molecular formula is C16H34N2. The van der Waals surface area contributed by atoms with Gasteiger partial charge < -0.3 is 10.2 Å². The van der Waals surface area contributed by atoms with Crippen molar-refractivity contribution < 1.29 is 0 Å². The van der Waals surface area contributed by atoms with E-state index in [0.717, 1.165) is 12.5 Å². The monoisotopic (exact) mass is 254 g/mol. The summed E-state index contributed by atoms with van der Waals surface area (Å²) in [6, 6.07) is 0.633. The second-order valence-corrected chi connectivity index (χ2v) is 7.18. The fraction of sp³-hybridized carbons (Fsp3) is 1.00. The van der Waals surface area contributed by atoms with Crippen LogP contribution < -0.4 is 5.32 Å². The Kier molecular flexibility index (Phi) is 6.65. The summed E-state index contributed by atoms with van der Waals surface area (Å²) in [6.07, 6.45) is 7.10. The van der Waals surface area contributed by atoms with Crippen LogP contribution in [-0.2, 0) is 0 Å². The van der Waals surface area contributed by atoms with E-state index >= 15 is 0 Å². The van der Waals surface area contributed by atoms with E-state index in [1.54, 1.807) is 0 Å². The molecule has 0 saturated heterocycles. The summed E-state index contributed by atoms with van der Waals surface area (Å²) >= 11 is 0. The topological polar surface area (TPSA) is 15.3 Å². The van der Waals surface area contributed by atoms with Crippen molar-refractivity contribution in [3.05, 3.63) is 0 Å². The predicted molar refractivity (Wildman–Crippen MR) is 81.0 cm³/mol. The van der Waals surface area contributed by atoms with Gasteiger partial charge in [-0.3, -0.25) is 0 Å². The van der Waals surface area contributed by atoms with E-state index in [1.165, 1.54) is 45.2 Å². The predicted octanol–water partition coefficient (Wildman–Crippen LogP) is 3.52. The molecule has 0 aromatic carbocycles. The molecule has 1 N–H and O–H groups in total. The van der Waals surface area contributed by atoms with Gasteiger partial charge in [0.05, 0.1) is 0 Å². The van der Waals surface area contributed by atoms with Crippen LogP contribution in [0.2, 0.25) is 0 Å². The molecule has 0 aromatic heterocycles. The SMILES string of the molecule is CCNC(CCN(C)CC1CCCC1)C(C)(C)C. The Morgan fingerprint density at radius 1 is 1.22 bits per heavy atom. The molecule has 2 nitrogen and oxygen atoms in total. The highest BCUT2D eigenvalue weighted by Crippen LogP contribution is 2.26. The van der Waals surface area contributed by atoms with Crippen LogP contribution in [0.5, 0.6) is 0 Å². The molecule has 18 heavy (non-hydrogen) atoms. The summed E-state index contributed by atoms with van der Waals surface area (Å²) in [6.45, 7) is 12.9. The Labute approximate surface area is 115 Å². The van der Waals surface area contributed by atoms with Gasteiger partial charge in [-0.2, -0.15) is 0 Å². The first-order valence-electron chi connectivity index (χ1n) is 7.85. The molecule has 0 bridgehead atoms. The molecule has 0 heterocycles. The quantitative estimate of drug-likeness (QED) is 0.748. The minimum absolute atomic E-state index is 0.365. The third-order valence-electron chi connectivity index (χ3n) is 4.34. The molecule has 1 saturated carbocycles. The average Bonchev–Trinajstić information content (AvgIpc) is 2.75. The van der Waals surface area contributed by atoms with Crippen molar-refractivity contribution in [3.8, 4) is 0 Å². The van der Waals surface area contributed by atoms with Crippen molar-refractivity contribution in [2.45, 2.75) is 65.8 Å². The molecule has 1 aliphatic rings. The summed E-state index contributed by atoms with van der Waals surface area (Å²) < 4.78 is 0. The lowest BCUT2D eigenvalue weighted by Crippen LogP contribution is -2.42. The van der Waals surface area contributed by atoms with Gasteiger partial charge in [-0.05, 0) is 50.7 Å². The van der Waals surface area contributed by atoms with Gasteiger partial charge in [-0.15, -0.1) is 0 Å². The Morgan fingerprint density at radius 3 is 2.33 bits per heavy atom. The Morgan fingerprint density at radius 2 is 1.83 bits per heavy atom. The first-order valence-corrected chi connectivity index (χ1v) is 7.85. The highest BCUT2D eigenvalue weighted by Gasteiger charge is 2.24. The van der Waals surface area contributed by atoms with Gasteiger partial charge >= 0.3 is 0 Å². The van der Waals surface area contributed by atoms with E-state index in [1.807, 2.05) is 0 Å². The van der Waals surface area contributed by atoms with Crippen LogP contribution in [0.3, 0.4) is 0 Å². The molecule has 0 radical (unpaired) electrons. The van der Waals surface area contributed by atoms with Crippen LogP contribution in [0, 0.1) is 11.3 Å². The number of nitrogens with zero attached hydrogens (tertiary/aromatic N) is 1. The maximum Gasteiger partial charge on any atom is 0.0128 e. The number of nitrogens with one attached hydrogen (secondary N) is 1. The van der Waals surface area contributed by atoms with Gasteiger partial charge in [0.15, 0.2) is 0 Å². The van der Waals surface area contributed by atoms with Gasteiger partial charge in [0.25, 0.3) is 0 Å². The Hall–Kier alpha value is -0.0800. The van der Waals surface area contributed by atoms with Crippen LogP contribution in [0.15, 0.2) is 0 Å². The zero-order valence-electron chi connectivity index (χ0n) is 13.3. The van der Waals surface area contributed by atoms with E-state index in [0.29, 0.717) is 11.5 Å². The highest BCUT2D eigenvalue weighted by molar-refractivity contribution is 4.81. The normalized spacial score (nSPS) is 19.7. The lowest BCUT2D eigenvalue weighted by molar-refractivity contribution is 0.210. The zero-order chi connectivity index (χ0) is 13.6. The highest BCUT2D eigenvalue weighted by atomic mass is 15.1. The van der Waals surface area contributed by atoms with Crippen molar-refractivity contribution in [1.82, 2.24) is 10.2 Å². The van der Waals surface area contributed by atoms with E-state index in [-0.39, 0.29) is 0 Å². The molecule has 1 rings (SSSR count). The van der Waals surface area contributed by atoms with Gasteiger partial charge in [-0.25, -0.2) is 0 Å². The number of hydrogen-bond acceptors (Lipinski definition) is 2. The number of hydrogen-bond donors (Lipinski definition) is 1. The third kappa shape index (κ3) is 5.71. The Bertz CT molecular complexity index is 214. The Balaban J connectivity index is 2.27. The first-order chi connectivity index (χ1) is 8.43. The lowest BCUT2D eigenvalue weighted by Gasteiger charge is -2.33. The largest absolute Gasteiger partial charge is 0.314 e. The van der Waals surface area contributed by atoms with Crippen molar-refractivity contribution in [3.63, 3.8) is 0 Å². The lowest BCUT2D eigenvalue weighted by atomic mass is 9.84. The standard InChI is InChI=1S/C16H34N2/c1-6-17-15(16(2,3)4)11-12-18(5)13-14-9-7-8-10-14/h14-15,17H,6-13H2,1-5H3. The summed E-state index contributed by atoms with van der Waals surface area (Å²) in [5.41, 5.74) is 0.365. The van der Waals surface area contributed by atoms with Crippen LogP contribution in [0.25, 0.3) is 0 Å². The summed E-state index contributed by atoms with van der Waals surface area (Å²) in [5, 5.41) is 3.64. The molecule has 108 valence electrons. The fourth-order valence-corrected chi connectivity index (χ4v) is 3.16. The van der Waals surface area contributed by atoms with E-state index in [4.69, 9.17) is 0 Å². The van der Waals surface area contributed by atoms with Gasteiger partial charge in [0.1, 0.15) is 0 Å². The average molecular weight is 254 g/mol. The van der Waals surface area contributed by atoms with E-state index < -0.39 is 0 Å². The fourth-order valence-electron chi connectivity index (χ4n) is 3.16. The molecule has 1 aliphatic carbocycles. The molecule has 2 heteroatoms. The van der Waals surface area contributed by atoms with Crippen LogP contribution in [0.1, 0.15) is 59.8 Å². The molecule has 0 aromatic rings. The second kappa shape index (κ2) is 7.49. The van der Waals surface area contributed by atoms with Crippen molar-refractivity contribution in [1.29, 1.82) is 0 Å². The zero-order valence-corrected chi connectivity index (χ0v) is 13.3. The molecule has 0 amide bonds. The van der Waals surface area contributed by atoms with Crippen LogP contribution in [-0.4, -0.2) is 37.6 Å². The van der Waals surface area contributed by atoms with Crippen molar-refractivity contribution >= 4 is 0 Å². The molecule has 1 unspecified atom stereocenters. The molecular weight excluding hydrogens is 220 g/mol. The van der Waals surface area contributed by atoms with Crippen LogP contribution >= 0.6 is 0 Å². The summed E-state index contributed by atoms with van der Waals surface area (Å²) in [5.74, 6) is 0.974. The minimum atomic E-state index is 0.365. The minimum Gasteiger partial charge on any atom is -0.314 e. The molecule has 0 spiro atoms.